The van der Waals surface area contributed by atoms with Crippen molar-refractivity contribution in [2.45, 2.75) is 52.1 Å². The van der Waals surface area contributed by atoms with E-state index in [0.717, 1.165) is 24.1 Å². The largest absolute Gasteiger partial charge is 0.392 e. The van der Waals surface area contributed by atoms with Crippen LogP contribution in [0.4, 0.5) is 0 Å². The third-order valence-corrected chi connectivity index (χ3v) is 4.72. The second-order valence-corrected chi connectivity index (χ2v) is 7.19. The van der Waals surface area contributed by atoms with Crippen LogP contribution in [0.5, 0.6) is 0 Å². The maximum atomic E-state index is 10.0. The Balaban J connectivity index is 3.17. The molecule has 2 N–H and O–H groups in total. The first-order chi connectivity index (χ1) is 12.4. The van der Waals surface area contributed by atoms with Gasteiger partial charge in [0.2, 0.25) is 0 Å². The highest BCUT2D eigenvalue weighted by molar-refractivity contribution is 5.35. The van der Waals surface area contributed by atoms with Crippen molar-refractivity contribution in [3.63, 3.8) is 0 Å². The van der Waals surface area contributed by atoms with Crippen molar-refractivity contribution in [2.24, 2.45) is 0 Å². The fraction of sp³-hybridized carbons (Fsp3) is 0.478. The van der Waals surface area contributed by atoms with E-state index in [1.165, 1.54) is 5.56 Å². The third kappa shape index (κ3) is 6.91. The van der Waals surface area contributed by atoms with Crippen LogP contribution < -0.4 is 0 Å². The van der Waals surface area contributed by atoms with Crippen LogP contribution in [0, 0.1) is 0 Å². The standard InChI is InChI=1S/C23H35NO2/c1-6-10-20(16-25)15-22(17-26)23(21-11-8-7-9-12-21)13-14-24(18(2)3)19(4)5/h6-12,15,18-19,23,25-26H,1,13-14,16-17H2,2-5H3. The lowest BCUT2D eigenvalue weighted by Crippen LogP contribution is -2.38. The van der Waals surface area contributed by atoms with E-state index >= 15 is 0 Å². The van der Waals surface area contributed by atoms with Gasteiger partial charge in [0.15, 0.2) is 0 Å². The van der Waals surface area contributed by atoms with E-state index in [1.54, 1.807) is 12.2 Å². The molecule has 1 aromatic rings. The predicted octanol–water partition coefficient (Wildman–Crippen LogP) is 4.30. The minimum absolute atomic E-state index is 0.0304. The highest BCUT2D eigenvalue weighted by Crippen LogP contribution is 2.29. The summed E-state index contributed by atoms with van der Waals surface area (Å²) in [5.74, 6) is 0.112. The molecule has 0 saturated heterocycles. The van der Waals surface area contributed by atoms with E-state index in [9.17, 15) is 10.2 Å². The molecule has 1 rings (SSSR count). The average molecular weight is 358 g/mol. The molecule has 0 fully saturated rings. The van der Waals surface area contributed by atoms with Crippen molar-refractivity contribution in [3.8, 4) is 0 Å². The lowest BCUT2D eigenvalue weighted by atomic mass is 9.87. The minimum Gasteiger partial charge on any atom is -0.392 e. The van der Waals surface area contributed by atoms with Gasteiger partial charge in [0.25, 0.3) is 0 Å². The average Bonchev–Trinajstić information content (AvgIpc) is 2.63. The lowest BCUT2D eigenvalue weighted by molar-refractivity contribution is 0.169. The Labute approximate surface area is 159 Å². The molecule has 0 aliphatic rings. The molecule has 0 aliphatic heterocycles. The molecule has 0 spiro atoms. The molecule has 0 aromatic heterocycles. The Kier molecular flexibility index (Phi) is 10.2. The summed E-state index contributed by atoms with van der Waals surface area (Å²) in [6.45, 7) is 13.4. The van der Waals surface area contributed by atoms with Gasteiger partial charge in [0.05, 0.1) is 13.2 Å². The Morgan fingerprint density at radius 2 is 1.65 bits per heavy atom. The number of allylic oxidation sites excluding steroid dienone is 2. The number of hydrogen-bond acceptors (Lipinski definition) is 3. The second kappa shape index (κ2) is 11.8. The van der Waals surface area contributed by atoms with Crippen LogP contribution in [0.3, 0.4) is 0 Å². The monoisotopic (exact) mass is 357 g/mol. The molecule has 1 aromatic carbocycles. The molecule has 0 saturated carbocycles. The third-order valence-electron chi connectivity index (χ3n) is 4.72. The van der Waals surface area contributed by atoms with Gasteiger partial charge in [0, 0.05) is 18.0 Å². The van der Waals surface area contributed by atoms with Crippen LogP contribution in [-0.2, 0) is 0 Å². The van der Waals surface area contributed by atoms with Crippen LogP contribution in [0.15, 0.2) is 66.3 Å². The van der Waals surface area contributed by atoms with Crippen LogP contribution >= 0.6 is 0 Å². The normalized spacial score (nSPS) is 14.3. The Bertz CT molecular complexity index is 579. The smallest absolute Gasteiger partial charge is 0.0681 e. The maximum Gasteiger partial charge on any atom is 0.0681 e. The van der Waals surface area contributed by atoms with Crippen molar-refractivity contribution < 1.29 is 10.2 Å². The Morgan fingerprint density at radius 3 is 2.12 bits per heavy atom. The summed E-state index contributed by atoms with van der Waals surface area (Å²) < 4.78 is 0. The lowest BCUT2D eigenvalue weighted by Gasteiger charge is -2.32. The van der Waals surface area contributed by atoms with Crippen molar-refractivity contribution >= 4 is 0 Å². The maximum absolute atomic E-state index is 10.0. The molecule has 0 radical (unpaired) electrons. The molecule has 0 amide bonds. The van der Waals surface area contributed by atoms with Crippen molar-refractivity contribution in [3.05, 3.63) is 71.8 Å². The van der Waals surface area contributed by atoms with Crippen LogP contribution in [0.2, 0.25) is 0 Å². The van der Waals surface area contributed by atoms with E-state index in [2.05, 4.69) is 51.3 Å². The highest BCUT2D eigenvalue weighted by atomic mass is 16.3. The summed E-state index contributed by atoms with van der Waals surface area (Å²) in [5, 5.41) is 19.6. The van der Waals surface area contributed by atoms with E-state index in [1.807, 2.05) is 24.3 Å². The van der Waals surface area contributed by atoms with Crippen molar-refractivity contribution in [1.29, 1.82) is 0 Å². The minimum atomic E-state index is -0.0683. The molecule has 1 atom stereocenters. The number of benzene rings is 1. The van der Waals surface area contributed by atoms with Gasteiger partial charge in [-0.3, -0.25) is 4.90 Å². The fourth-order valence-corrected chi connectivity index (χ4v) is 3.43. The van der Waals surface area contributed by atoms with Crippen LogP contribution in [-0.4, -0.2) is 47.0 Å². The topological polar surface area (TPSA) is 43.7 Å². The van der Waals surface area contributed by atoms with Gasteiger partial charge in [-0.15, -0.1) is 0 Å². The first-order valence-electron chi connectivity index (χ1n) is 9.49. The van der Waals surface area contributed by atoms with Gasteiger partial charge in [-0.05, 0) is 57.4 Å². The van der Waals surface area contributed by atoms with E-state index in [0.29, 0.717) is 12.1 Å². The van der Waals surface area contributed by atoms with Gasteiger partial charge in [0.1, 0.15) is 0 Å². The summed E-state index contributed by atoms with van der Waals surface area (Å²) in [4.78, 5) is 2.47. The Hall–Kier alpha value is -1.68. The SMILES string of the molecule is C=CC=C(C=C(CO)C(CCN(C(C)C)C(C)C)c1ccccc1)CO. The van der Waals surface area contributed by atoms with Gasteiger partial charge >= 0.3 is 0 Å². The summed E-state index contributed by atoms with van der Waals surface area (Å²) >= 11 is 0. The quantitative estimate of drug-likeness (QED) is 0.580. The molecule has 26 heavy (non-hydrogen) atoms. The second-order valence-electron chi connectivity index (χ2n) is 7.19. The number of rotatable bonds is 11. The molecule has 3 nitrogen and oxygen atoms in total. The molecule has 3 heteroatoms. The first-order valence-corrected chi connectivity index (χ1v) is 9.49. The van der Waals surface area contributed by atoms with E-state index in [4.69, 9.17) is 0 Å². The number of nitrogens with zero attached hydrogens (tertiary/aromatic N) is 1. The van der Waals surface area contributed by atoms with Crippen molar-refractivity contribution in [1.82, 2.24) is 4.90 Å². The fourth-order valence-electron chi connectivity index (χ4n) is 3.43. The molecule has 0 aliphatic carbocycles. The van der Waals surface area contributed by atoms with Gasteiger partial charge < -0.3 is 10.2 Å². The molecule has 144 valence electrons. The van der Waals surface area contributed by atoms with E-state index < -0.39 is 0 Å². The number of aliphatic hydroxyl groups excluding tert-OH is 2. The molecule has 0 heterocycles. The molecule has 1 unspecified atom stereocenters. The summed E-state index contributed by atoms with van der Waals surface area (Å²) in [6, 6.07) is 11.2. The molecular weight excluding hydrogens is 322 g/mol. The first kappa shape index (κ1) is 22.4. The van der Waals surface area contributed by atoms with Gasteiger partial charge in [-0.25, -0.2) is 0 Å². The van der Waals surface area contributed by atoms with Crippen LogP contribution in [0.1, 0.15) is 45.6 Å². The highest BCUT2D eigenvalue weighted by Gasteiger charge is 2.20. The zero-order chi connectivity index (χ0) is 19.5. The number of hydrogen-bond donors (Lipinski definition) is 2. The molecular formula is C23H35NO2. The summed E-state index contributed by atoms with van der Waals surface area (Å²) in [7, 11) is 0. The summed E-state index contributed by atoms with van der Waals surface area (Å²) in [6.07, 6.45) is 6.27. The van der Waals surface area contributed by atoms with Gasteiger partial charge in [-0.1, -0.05) is 55.1 Å². The molecule has 0 bridgehead atoms. The van der Waals surface area contributed by atoms with Crippen LogP contribution in [0.25, 0.3) is 0 Å². The predicted molar refractivity (Wildman–Crippen MR) is 111 cm³/mol. The Morgan fingerprint density at radius 1 is 1.04 bits per heavy atom. The summed E-state index contributed by atoms with van der Waals surface area (Å²) in [5.41, 5.74) is 2.87. The van der Waals surface area contributed by atoms with Gasteiger partial charge in [-0.2, -0.15) is 0 Å². The zero-order valence-corrected chi connectivity index (χ0v) is 16.7. The van der Waals surface area contributed by atoms with Crippen molar-refractivity contribution in [2.75, 3.05) is 19.8 Å². The number of aliphatic hydroxyl groups is 2. The zero-order valence-electron chi connectivity index (χ0n) is 16.7. The van der Waals surface area contributed by atoms with E-state index in [-0.39, 0.29) is 19.1 Å².